The van der Waals surface area contributed by atoms with Gasteiger partial charge in [0.2, 0.25) is 0 Å². The molecule has 2 saturated heterocycles. The lowest BCUT2D eigenvalue weighted by Crippen LogP contribution is -2.27. The van der Waals surface area contributed by atoms with Crippen molar-refractivity contribution in [3.05, 3.63) is 0 Å². The Morgan fingerprint density at radius 1 is 1.62 bits per heavy atom. The zero-order chi connectivity index (χ0) is 9.10. The van der Waals surface area contributed by atoms with Crippen LogP contribution in [0.3, 0.4) is 0 Å². The minimum absolute atomic E-state index is 0.397. The largest absolute Gasteiger partial charge is 0.379 e. The van der Waals surface area contributed by atoms with Crippen molar-refractivity contribution in [2.24, 2.45) is 4.99 Å². The maximum Gasteiger partial charge on any atom is 0.157 e. The Morgan fingerprint density at radius 2 is 2.54 bits per heavy atom. The van der Waals surface area contributed by atoms with Crippen molar-refractivity contribution in [2.45, 2.75) is 31.8 Å². The van der Waals surface area contributed by atoms with E-state index in [0.29, 0.717) is 12.1 Å². The third-order valence-corrected chi connectivity index (χ3v) is 3.44. The molecule has 0 aromatic rings. The van der Waals surface area contributed by atoms with Gasteiger partial charge in [-0.25, -0.2) is 0 Å². The quantitative estimate of drug-likeness (QED) is 0.691. The number of nitrogens with zero attached hydrogens (tertiary/aromatic N) is 1. The molecule has 4 heteroatoms. The molecule has 1 N–H and O–H groups in total. The molecule has 0 aromatic heterocycles. The van der Waals surface area contributed by atoms with E-state index in [2.05, 4.69) is 17.2 Å². The molecule has 0 amide bonds. The molecule has 3 nitrogen and oxygen atoms in total. The van der Waals surface area contributed by atoms with Gasteiger partial charge < -0.3 is 10.1 Å². The van der Waals surface area contributed by atoms with E-state index in [0.717, 1.165) is 30.6 Å². The topological polar surface area (TPSA) is 33.6 Å². The lowest BCUT2D eigenvalue weighted by atomic mass is 10.1. The van der Waals surface area contributed by atoms with Gasteiger partial charge in [-0.3, -0.25) is 4.99 Å². The van der Waals surface area contributed by atoms with E-state index in [4.69, 9.17) is 4.74 Å². The van der Waals surface area contributed by atoms with Gasteiger partial charge in [-0.05, 0) is 19.8 Å². The van der Waals surface area contributed by atoms with Crippen LogP contribution >= 0.6 is 11.8 Å². The van der Waals surface area contributed by atoms with E-state index in [1.165, 1.54) is 6.42 Å². The molecule has 2 unspecified atom stereocenters. The molecule has 2 fully saturated rings. The van der Waals surface area contributed by atoms with E-state index in [1.807, 2.05) is 11.8 Å². The smallest absolute Gasteiger partial charge is 0.157 e. The molecule has 0 spiro atoms. The number of ether oxygens (including phenoxy) is 1. The van der Waals surface area contributed by atoms with E-state index < -0.39 is 0 Å². The van der Waals surface area contributed by atoms with Crippen LogP contribution in [0.5, 0.6) is 0 Å². The normalized spacial score (nSPS) is 37.8. The number of thioether (sulfide) groups is 1. The van der Waals surface area contributed by atoms with Crippen molar-refractivity contribution in [1.29, 1.82) is 0 Å². The number of hydrogen-bond donors (Lipinski definition) is 1. The van der Waals surface area contributed by atoms with Crippen LogP contribution in [0.15, 0.2) is 4.99 Å². The first-order chi connectivity index (χ1) is 6.34. The fraction of sp³-hybridized carbons (Fsp3) is 0.889. The number of nitrogens with one attached hydrogen (secondary N) is 1. The van der Waals surface area contributed by atoms with Crippen molar-refractivity contribution in [2.75, 3.05) is 19.0 Å². The Labute approximate surface area is 83.3 Å². The Balaban J connectivity index is 1.87. The highest BCUT2D eigenvalue weighted by molar-refractivity contribution is 8.14. The average molecular weight is 200 g/mol. The highest BCUT2D eigenvalue weighted by Gasteiger charge is 2.19. The van der Waals surface area contributed by atoms with E-state index in [1.54, 1.807) is 0 Å². The van der Waals surface area contributed by atoms with Gasteiger partial charge >= 0.3 is 0 Å². The summed E-state index contributed by atoms with van der Waals surface area (Å²) in [5.41, 5.74) is 0. The molecule has 0 saturated carbocycles. The van der Waals surface area contributed by atoms with Crippen molar-refractivity contribution in [3.8, 4) is 0 Å². The van der Waals surface area contributed by atoms with Crippen molar-refractivity contribution in [3.63, 3.8) is 0 Å². The Bertz CT molecular complexity index is 202. The molecule has 0 bridgehead atoms. The lowest BCUT2D eigenvalue weighted by Gasteiger charge is -2.18. The van der Waals surface area contributed by atoms with Crippen LogP contribution in [0.4, 0.5) is 0 Å². The fourth-order valence-corrected chi connectivity index (χ4v) is 2.56. The molecular formula is C9H16N2OS. The van der Waals surface area contributed by atoms with Crippen LogP contribution in [0, 0.1) is 0 Å². The number of hydrogen-bond acceptors (Lipinski definition) is 3. The first-order valence-corrected chi connectivity index (χ1v) is 5.88. The minimum atomic E-state index is 0.397. The van der Waals surface area contributed by atoms with Crippen LogP contribution in [0.2, 0.25) is 0 Å². The van der Waals surface area contributed by atoms with Gasteiger partial charge in [-0.15, -0.1) is 0 Å². The highest BCUT2D eigenvalue weighted by atomic mass is 32.2. The molecule has 13 heavy (non-hydrogen) atoms. The van der Waals surface area contributed by atoms with Crippen molar-refractivity contribution in [1.82, 2.24) is 5.32 Å². The van der Waals surface area contributed by atoms with Crippen molar-refractivity contribution >= 4 is 16.9 Å². The second kappa shape index (κ2) is 4.33. The Hall–Kier alpha value is -0.220. The first-order valence-electron chi connectivity index (χ1n) is 4.89. The maximum atomic E-state index is 5.38. The van der Waals surface area contributed by atoms with Gasteiger partial charge in [0.1, 0.15) is 0 Å². The van der Waals surface area contributed by atoms with Gasteiger partial charge in [0.15, 0.2) is 5.17 Å². The molecule has 2 aliphatic heterocycles. The number of rotatable bonds is 1. The van der Waals surface area contributed by atoms with Gasteiger partial charge in [0, 0.05) is 18.4 Å². The molecule has 0 aromatic carbocycles. The third-order valence-electron chi connectivity index (χ3n) is 2.28. The minimum Gasteiger partial charge on any atom is -0.379 e. The summed E-state index contributed by atoms with van der Waals surface area (Å²) in [6.07, 6.45) is 2.34. The SMILES string of the molecule is CC1CSC(=NC2CCCOC2)N1. The second-order valence-corrected chi connectivity index (χ2v) is 4.67. The van der Waals surface area contributed by atoms with Crippen molar-refractivity contribution < 1.29 is 4.74 Å². The lowest BCUT2D eigenvalue weighted by molar-refractivity contribution is 0.0829. The Kier molecular flexibility index (Phi) is 3.11. The summed E-state index contributed by atoms with van der Waals surface area (Å²) in [7, 11) is 0. The molecule has 0 aliphatic carbocycles. The Morgan fingerprint density at radius 3 is 3.15 bits per heavy atom. The third kappa shape index (κ3) is 2.61. The predicted octanol–water partition coefficient (Wildman–Crippen LogP) is 1.25. The first kappa shape index (κ1) is 9.34. The van der Waals surface area contributed by atoms with Crippen LogP contribution in [-0.4, -0.2) is 36.2 Å². The zero-order valence-electron chi connectivity index (χ0n) is 7.95. The van der Waals surface area contributed by atoms with Crippen LogP contribution in [-0.2, 0) is 4.74 Å². The molecule has 2 aliphatic rings. The second-order valence-electron chi connectivity index (χ2n) is 3.66. The van der Waals surface area contributed by atoms with Crippen LogP contribution in [0.1, 0.15) is 19.8 Å². The van der Waals surface area contributed by atoms with Gasteiger partial charge in [0.05, 0.1) is 12.6 Å². The average Bonchev–Trinajstić information content (AvgIpc) is 2.53. The summed E-state index contributed by atoms with van der Waals surface area (Å²) in [5.74, 6) is 1.15. The predicted molar refractivity (Wildman–Crippen MR) is 56.3 cm³/mol. The summed E-state index contributed by atoms with van der Waals surface area (Å²) in [5, 5.41) is 4.47. The molecule has 2 heterocycles. The number of amidine groups is 1. The van der Waals surface area contributed by atoms with Gasteiger partial charge in [-0.2, -0.15) is 0 Å². The molecule has 74 valence electrons. The summed E-state index contributed by atoms with van der Waals surface area (Å²) in [4.78, 5) is 4.63. The van der Waals surface area contributed by atoms with Gasteiger partial charge in [0.25, 0.3) is 0 Å². The summed E-state index contributed by atoms with van der Waals surface area (Å²) in [6.45, 7) is 3.91. The highest BCUT2D eigenvalue weighted by Crippen LogP contribution is 2.17. The van der Waals surface area contributed by atoms with E-state index in [-0.39, 0.29) is 0 Å². The summed E-state index contributed by atoms with van der Waals surface area (Å²) >= 11 is 1.83. The monoisotopic (exact) mass is 200 g/mol. The van der Waals surface area contributed by atoms with Crippen LogP contribution < -0.4 is 5.32 Å². The van der Waals surface area contributed by atoms with Crippen LogP contribution in [0.25, 0.3) is 0 Å². The molecule has 0 radical (unpaired) electrons. The van der Waals surface area contributed by atoms with E-state index >= 15 is 0 Å². The molecular weight excluding hydrogens is 184 g/mol. The zero-order valence-corrected chi connectivity index (χ0v) is 8.77. The maximum absolute atomic E-state index is 5.38. The summed E-state index contributed by atoms with van der Waals surface area (Å²) in [6, 6.07) is 0.974. The summed E-state index contributed by atoms with van der Waals surface area (Å²) < 4.78 is 5.38. The number of aliphatic imine (C=N–C) groups is 1. The molecule has 2 rings (SSSR count). The van der Waals surface area contributed by atoms with E-state index in [9.17, 15) is 0 Å². The van der Waals surface area contributed by atoms with Gasteiger partial charge in [-0.1, -0.05) is 11.8 Å². The molecule has 2 atom stereocenters. The fourth-order valence-electron chi connectivity index (χ4n) is 1.56. The standard InChI is InChI=1S/C9H16N2OS/c1-7-6-13-9(10-7)11-8-3-2-4-12-5-8/h7-8H,2-6H2,1H3,(H,10,11).